The lowest BCUT2D eigenvalue weighted by Gasteiger charge is -2.30. The van der Waals surface area contributed by atoms with Crippen LogP contribution in [-0.4, -0.2) is 44.5 Å². The number of nitrogens with zero attached hydrogens (tertiary/aromatic N) is 3. The van der Waals surface area contributed by atoms with Crippen LogP contribution in [0, 0.1) is 6.92 Å². The van der Waals surface area contributed by atoms with Crippen LogP contribution >= 0.6 is 11.8 Å². The van der Waals surface area contributed by atoms with Gasteiger partial charge < -0.3 is 14.5 Å². The lowest BCUT2D eigenvalue weighted by molar-refractivity contribution is -0.132. The van der Waals surface area contributed by atoms with Gasteiger partial charge in [-0.25, -0.2) is 0 Å². The number of β-amino-alcohol motifs (C(OH)–C–C–N with tert-alkyl or cyclic N) is 1. The zero-order valence-electron chi connectivity index (χ0n) is 13.4. The average molecular weight is 345 g/mol. The van der Waals surface area contributed by atoms with Crippen molar-refractivity contribution >= 4 is 17.7 Å². The molecule has 2 aromatic rings. The van der Waals surface area contributed by atoms with Crippen molar-refractivity contribution in [3.05, 3.63) is 47.1 Å². The number of hydrogen-bond acceptors (Lipinski definition) is 6. The van der Waals surface area contributed by atoms with Crippen LogP contribution in [0.1, 0.15) is 40.6 Å². The summed E-state index contributed by atoms with van der Waals surface area (Å²) in [5, 5.41) is 13.7. The molecule has 0 radical (unpaired) electrons. The van der Waals surface area contributed by atoms with E-state index < -0.39 is 6.10 Å². The van der Waals surface area contributed by atoms with Gasteiger partial charge in [-0.1, -0.05) is 29.4 Å². The molecule has 4 rings (SSSR count). The van der Waals surface area contributed by atoms with E-state index in [2.05, 4.69) is 16.2 Å². The summed E-state index contributed by atoms with van der Waals surface area (Å²) in [4.78, 5) is 19.2. The van der Waals surface area contributed by atoms with E-state index in [1.807, 2.05) is 18.2 Å². The van der Waals surface area contributed by atoms with Crippen LogP contribution in [0.15, 0.2) is 28.8 Å². The van der Waals surface area contributed by atoms with Gasteiger partial charge in [0.25, 0.3) is 0 Å². The summed E-state index contributed by atoms with van der Waals surface area (Å²) in [6, 6.07) is 7.77. The number of aliphatic hydroxyl groups is 1. The highest BCUT2D eigenvalue weighted by molar-refractivity contribution is 8.00. The van der Waals surface area contributed by atoms with Crippen molar-refractivity contribution in [2.45, 2.75) is 37.2 Å². The third-order valence-electron chi connectivity index (χ3n) is 4.61. The van der Waals surface area contributed by atoms with E-state index in [4.69, 9.17) is 4.52 Å². The fourth-order valence-electron chi connectivity index (χ4n) is 3.49. The second-order valence-electron chi connectivity index (χ2n) is 6.28. The number of hydrogen-bond donors (Lipinski definition) is 1. The van der Waals surface area contributed by atoms with Crippen LogP contribution in [0.3, 0.4) is 0 Å². The molecule has 6 nitrogen and oxygen atoms in total. The van der Waals surface area contributed by atoms with E-state index in [9.17, 15) is 9.90 Å². The summed E-state index contributed by atoms with van der Waals surface area (Å²) in [5.74, 6) is 1.89. The van der Waals surface area contributed by atoms with Gasteiger partial charge in [0.15, 0.2) is 5.82 Å². The van der Waals surface area contributed by atoms with Gasteiger partial charge in [0.1, 0.15) is 11.3 Å². The predicted molar refractivity (Wildman–Crippen MR) is 89.5 cm³/mol. The predicted octanol–water partition coefficient (Wildman–Crippen LogP) is 2.04. The van der Waals surface area contributed by atoms with E-state index in [-0.39, 0.29) is 17.2 Å². The summed E-state index contributed by atoms with van der Waals surface area (Å²) in [6.45, 7) is 2.06. The number of likely N-dealkylation sites (tertiary alicyclic amines) is 1. The largest absolute Gasteiger partial charge is 0.391 e. The van der Waals surface area contributed by atoms with Crippen molar-refractivity contribution in [1.29, 1.82) is 0 Å². The Bertz CT molecular complexity index is 763. The summed E-state index contributed by atoms with van der Waals surface area (Å²) in [5.41, 5.74) is 2.32. The molecule has 0 spiro atoms. The Labute approximate surface area is 144 Å². The first-order valence-corrected chi connectivity index (χ1v) is 9.16. The Morgan fingerprint density at radius 2 is 2.25 bits per heavy atom. The SMILES string of the molecule is Cc1noc([C@H]2C[C@@H](O)CN2C(=O)C2SCCc3ccccc32)n1. The van der Waals surface area contributed by atoms with Gasteiger partial charge in [-0.15, -0.1) is 11.8 Å². The summed E-state index contributed by atoms with van der Waals surface area (Å²) in [6.07, 6.45) is 0.862. The monoisotopic (exact) mass is 345 g/mol. The van der Waals surface area contributed by atoms with Crippen LogP contribution in [0.5, 0.6) is 0 Å². The topological polar surface area (TPSA) is 79.5 Å². The standard InChI is InChI=1S/C17H19N3O3S/c1-10-18-16(23-19-10)14-8-12(21)9-20(14)17(22)15-13-5-3-2-4-11(13)6-7-24-15/h2-5,12,14-15,21H,6-9H2,1H3/t12-,14-,15?/m1/s1. The number of aliphatic hydroxyl groups excluding tert-OH is 1. The third kappa shape index (κ3) is 2.71. The van der Waals surface area contributed by atoms with Crippen molar-refractivity contribution in [2.75, 3.05) is 12.3 Å². The smallest absolute Gasteiger partial charge is 0.249 e. The number of fused-ring (bicyclic) bond motifs is 1. The Morgan fingerprint density at radius 3 is 3.04 bits per heavy atom. The number of aryl methyl sites for hydroxylation is 2. The average Bonchev–Trinajstić information content (AvgIpc) is 3.19. The molecule has 1 unspecified atom stereocenters. The first kappa shape index (κ1) is 15.7. The second kappa shape index (κ2) is 6.22. The molecule has 1 fully saturated rings. The summed E-state index contributed by atoms with van der Waals surface area (Å²) in [7, 11) is 0. The molecule has 1 aromatic heterocycles. The quantitative estimate of drug-likeness (QED) is 0.897. The van der Waals surface area contributed by atoms with Crippen LogP contribution in [0.4, 0.5) is 0 Å². The molecule has 3 atom stereocenters. The van der Waals surface area contributed by atoms with Gasteiger partial charge in [-0.3, -0.25) is 4.79 Å². The first-order valence-electron chi connectivity index (χ1n) is 8.11. The van der Waals surface area contributed by atoms with Crippen LogP contribution in [0.2, 0.25) is 0 Å². The Balaban J connectivity index is 1.64. The summed E-state index contributed by atoms with van der Waals surface area (Å²) >= 11 is 1.67. The van der Waals surface area contributed by atoms with E-state index in [0.717, 1.165) is 17.7 Å². The molecule has 1 aromatic carbocycles. The molecular weight excluding hydrogens is 326 g/mol. The van der Waals surface area contributed by atoms with Crippen molar-refractivity contribution in [3.63, 3.8) is 0 Å². The maximum absolute atomic E-state index is 13.2. The summed E-state index contributed by atoms with van der Waals surface area (Å²) < 4.78 is 5.26. The van der Waals surface area contributed by atoms with Crippen LogP contribution in [0.25, 0.3) is 0 Å². The van der Waals surface area contributed by atoms with Gasteiger partial charge in [0.2, 0.25) is 11.8 Å². The van der Waals surface area contributed by atoms with Gasteiger partial charge >= 0.3 is 0 Å². The first-order chi connectivity index (χ1) is 11.6. The molecular formula is C17H19N3O3S. The number of thioether (sulfide) groups is 1. The van der Waals surface area contributed by atoms with Crippen LogP contribution < -0.4 is 0 Å². The molecule has 3 heterocycles. The van der Waals surface area contributed by atoms with E-state index in [1.54, 1.807) is 23.6 Å². The molecule has 7 heteroatoms. The highest BCUT2D eigenvalue weighted by Crippen LogP contribution is 2.41. The molecule has 0 bridgehead atoms. The lowest BCUT2D eigenvalue weighted by Crippen LogP contribution is -2.36. The zero-order chi connectivity index (χ0) is 16.7. The molecule has 2 aliphatic heterocycles. The van der Waals surface area contributed by atoms with Gasteiger partial charge in [0, 0.05) is 13.0 Å². The van der Waals surface area contributed by atoms with E-state index in [0.29, 0.717) is 24.7 Å². The second-order valence-corrected chi connectivity index (χ2v) is 7.49. The minimum absolute atomic E-state index is 0.0181. The zero-order valence-corrected chi connectivity index (χ0v) is 14.2. The van der Waals surface area contributed by atoms with Gasteiger partial charge in [-0.2, -0.15) is 4.98 Å². The maximum atomic E-state index is 13.2. The highest BCUT2D eigenvalue weighted by atomic mass is 32.2. The lowest BCUT2D eigenvalue weighted by atomic mass is 10.0. The third-order valence-corrected chi connectivity index (χ3v) is 5.84. The van der Waals surface area contributed by atoms with Crippen molar-refractivity contribution < 1.29 is 14.4 Å². The maximum Gasteiger partial charge on any atom is 0.249 e. The molecule has 1 amide bonds. The molecule has 1 saturated heterocycles. The molecule has 1 N–H and O–H groups in total. The van der Waals surface area contributed by atoms with Crippen molar-refractivity contribution in [1.82, 2.24) is 15.0 Å². The Hall–Kier alpha value is -1.86. The number of carbonyl (C=O) groups excluding carboxylic acids is 1. The fourth-order valence-corrected chi connectivity index (χ4v) is 4.75. The Kier molecular flexibility index (Phi) is 4.05. The van der Waals surface area contributed by atoms with E-state index in [1.165, 1.54) is 5.56 Å². The number of rotatable bonds is 2. The minimum Gasteiger partial charge on any atom is -0.391 e. The molecule has 24 heavy (non-hydrogen) atoms. The Morgan fingerprint density at radius 1 is 1.42 bits per heavy atom. The number of amides is 1. The number of carbonyl (C=O) groups is 1. The number of benzene rings is 1. The molecule has 0 aliphatic carbocycles. The van der Waals surface area contributed by atoms with E-state index >= 15 is 0 Å². The minimum atomic E-state index is -0.560. The van der Waals surface area contributed by atoms with Crippen molar-refractivity contribution in [3.8, 4) is 0 Å². The number of aromatic nitrogens is 2. The van der Waals surface area contributed by atoms with Gasteiger partial charge in [0.05, 0.1) is 6.10 Å². The fraction of sp³-hybridized carbons (Fsp3) is 0.471. The molecule has 126 valence electrons. The van der Waals surface area contributed by atoms with Crippen LogP contribution in [-0.2, 0) is 11.2 Å². The molecule has 2 aliphatic rings. The van der Waals surface area contributed by atoms with Gasteiger partial charge in [-0.05, 0) is 30.2 Å². The highest BCUT2D eigenvalue weighted by Gasteiger charge is 2.42. The van der Waals surface area contributed by atoms with Crippen molar-refractivity contribution in [2.24, 2.45) is 0 Å². The molecule has 0 saturated carbocycles. The normalized spacial score (nSPS) is 26.4.